The zero-order chi connectivity index (χ0) is 19.4. The molecule has 13 nitrogen and oxygen atoms in total. The summed E-state index contributed by atoms with van der Waals surface area (Å²) in [5.41, 5.74) is 9.62. The maximum atomic E-state index is 10.6. The van der Waals surface area contributed by atoms with Gasteiger partial charge >= 0.3 is 5.69 Å². The van der Waals surface area contributed by atoms with Crippen LogP contribution in [-0.4, -0.2) is 40.8 Å². The van der Waals surface area contributed by atoms with Gasteiger partial charge in [0, 0.05) is 6.07 Å². The zero-order valence-electron chi connectivity index (χ0n) is 12.0. The zero-order valence-corrected chi connectivity index (χ0v) is 13.7. The van der Waals surface area contributed by atoms with E-state index in [4.69, 9.17) is 20.6 Å². The Morgan fingerprint density at radius 2 is 1.48 bits per heavy atom. The van der Waals surface area contributed by atoms with Crippen LogP contribution in [0, 0.1) is 10.1 Å². The minimum atomic E-state index is -4.50. The van der Waals surface area contributed by atoms with Crippen molar-refractivity contribution >= 4 is 37.6 Å². The molecule has 0 saturated carbocycles. The average molecular weight is 393 g/mol. The van der Waals surface area contributed by atoms with Gasteiger partial charge in [0.15, 0.2) is 0 Å². The summed E-state index contributed by atoms with van der Waals surface area (Å²) in [5, 5.41) is 10.3. The minimum Gasteiger partial charge on any atom is -0.384 e. The van der Waals surface area contributed by atoms with E-state index in [0.29, 0.717) is 6.07 Å². The number of nitro groups is 1. The number of pyridine rings is 2. The highest BCUT2D eigenvalue weighted by atomic mass is 32.2. The Balaban J connectivity index is 0.000000257. The van der Waals surface area contributed by atoms with Gasteiger partial charge in [-0.1, -0.05) is 0 Å². The van der Waals surface area contributed by atoms with E-state index < -0.39 is 41.6 Å². The highest BCUT2D eigenvalue weighted by Gasteiger charge is 2.19. The van der Waals surface area contributed by atoms with E-state index in [0.717, 1.165) is 12.4 Å². The smallest absolute Gasteiger partial charge is 0.312 e. The molecule has 0 fully saturated rings. The molecule has 6 N–H and O–H groups in total. The summed E-state index contributed by atoms with van der Waals surface area (Å²) in [6, 6.07) is 3.11. The molecule has 0 aliphatic rings. The van der Waals surface area contributed by atoms with E-state index in [1.807, 2.05) is 0 Å². The lowest BCUT2D eigenvalue weighted by Crippen LogP contribution is -2.03. The third kappa shape index (κ3) is 5.92. The van der Waals surface area contributed by atoms with Crippen molar-refractivity contribution in [3.8, 4) is 0 Å². The number of aromatic nitrogens is 2. The van der Waals surface area contributed by atoms with Crippen molar-refractivity contribution in [3.63, 3.8) is 0 Å². The number of nitrogens with zero attached hydrogens (tertiary/aromatic N) is 3. The number of hydrogen-bond acceptors (Lipinski definition) is 10. The lowest BCUT2D eigenvalue weighted by atomic mass is 10.4. The number of nitrogen functional groups attached to an aromatic ring is 2. The first-order valence-electron chi connectivity index (χ1n) is 5.89. The van der Waals surface area contributed by atoms with Gasteiger partial charge in [-0.25, -0.2) is 9.97 Å². The summed E-state index contributed by atoms with van der Waals surface area (Å²) in [6.07, 6.45) is 1.72. The second-order valence-electron chi connectivity index (χ2n) is 4.20. The molecule has 0 unspecified atom stereocenters. The van der Waals surface area contributed by atoms with Crippen molar-refractivity contribution in [3.05, 3.63) is 40.7 Å². The van der Waals surface area contributed by atoms with E-state index in [9.17, 15) is 26.9 Å². The van der Waals surface area contributed by atoms with Gasteiger partial charge in [0.05, 0.1) is 17.3 Å². The Kier molecular flexibility index (Phi) is 5.92. The third-order valence-electron chi connectivity index (χ3n) is 2.42. The summed E-state index contributed by atoms with van der Waals surface area (Å²) in [5.74, 6) is -0.209. The van der Waals surface area contributed by atoms with Crippen molar-refractivity contribution in [2.75, 3.05) is 11.5 Å². The molecule has 136 valence electrons. The minimum absolute atomic E-state index is 0.206. The topological polar surface area (TPSA) is 230 Å². The van der Waals surface area contributed by atoms with Crippen LogP contribution in [0.5, 0.6) is 0 Å². The molecule has 15 heteroatoms. The quantitative estimate of drug-likeness (QED) is 0.300. The number of nitrogens with two attached hydrogens (primary N) is 2. The van der Waals surface area contributed by atoms with E-state index in [2.05, 4.69) is 9.97 Å². The molecule has 0 atom stereocenters. The molecule has 0 aliphatic heterocycles. The molecular formula is C10H11N5O8S2. The molecule has 0 aromatic carbocycles. The number of hydrogen-bond donors (Lipinski definition) is 4. The Labute approximate surface area is 141 Å². The standard InChI is InChI=1S/C5H5N3O5S.C5H6N2O3S/c6-5-4(8(9)10)1-3(2-7-5)14(11,12)13;6-5-2-1-4(3-7-5)11(8,9)10/h1-2H,(H2,6,7)(H,11,12,13);1-3H,(H2,6,7)(H,8,9,10). The van der Waals surface area contributed by atoms with Crippen LogP contribution >= 0.6 is 0 Å². The van der Waals surface area contributed by atoms with Crippen LogP contribution in [-0.2, 0) is 20.2 Å². The molecule has 2 aromatic rings. The molecule has 0 saturated heterocycles. The van der Waals surface area contributed by atoms with Gasteiger partial charge in [-0.15, -0.1) is 0 Å². The predicted molar refractivity (Wildman–Crippen MR) is 83.6 cm³/mol. The van der Waals surface area contributed by atoms with Crippen LogP contribution in [0.1, 0.15) is 0 Å². The van der Waals surface area contributed by atoms with Crippen molar-refractivity contribution in [1.29, 1.82) is 0 Å². The van der Waals surface area contributed by atoms with Crippen LogP contribution in [0.15, 0.2) is 40.4 Å². The van der Waals surface area contributed by atoms with Gasteiger partial charge in [-0.2, -0.15) is 16.8 Å². The van der Waals surface area contributed by atoms with Crippen LogP contribution < -0.4 is 11.5 Å². The van der Waals surface area contributed by atoms with Gasteiger partial charge < -0.3 is 11.5 Å². The molecular weight excluding hydrogens is 382 g/mol. The summed E-state index contributed by atoms with van der Waals surface area (Å²) in [6.45, 7) is 0. The summed E-state index contributed by atoms with van der Waals surface area (Å²) < 4.78 is 59.0. The molecule has 0 amide bonds. The first-order chi connectivity index (χ1) is 11.3. The van der Waals surface area contributed by atoms with Crippen LogP contribution in [0.2, 0.25) is 0 Å². The van der Waals surface area contributed by atoms with Crippen LogP contribution in [0.4, 0.5) is 17.3 Å². The average Bonchev–Trinajstić information content (AvgIpc) is 2.46. The molecule has 0 radical (unpaired) electrons. The van der Waals surface area contributed by atoms with Gasteiger partial charge in [-0.05, 0) is 12.1 Å². The van der Waals surface area contributed by atoms with Crippen molar-refractivity contribution < 1.29 is 30.9 Å². The van der Waals surface area contributed by atoms with E-state index in [-0.39, 0.29) is 10.7 Å². The fourth-order valence-corrected chi connectivity index (χ4v) is 2.15. The summed E-state index contributed by atoms with van der Waals surface area (Å²) in [7, 11) is -8.64. The van der Waals surface area contributed by atoms with Gasteiger partial charge in [0.2, 0.25) is 5.82 Å². The van der Waals surface area contributed by atoms with Crippen molar-refractivity contribution in [1.82, 2.24) is 9.97 Å². The highest BCUT2D eigenvalue weighted by Crippen LogP contribution is 2.21. The molecule has 0 bridgehead atoms. The van der Waals surface area contributed by atoms with E-state index in [1.54, 1.807) is 0 Å². The Bertz CT molecular complexity index is 988. The SMILES string of the molecule is Nc1ccc(S(=O)(=O)O)cn1.Nc1ncc(S(=O)(=O)O)cc1[N+](=O)[O-]. The molecule has 25 heavy (non-hydrogen) atoms. The highest BCUT2D eigenvalue weighted by molar-refractivity contribution is 7.86. The fourth-order valence-electron chi connectivity index (χ4n) is 1.28. The van der Waals surface area contributed by atoms with Crippen LogP contribution in [0.3, 0.4) is 0 Å². The number of anilines is 2. The maximum absolute atomic E-state index is 10.6. The largest absolute Gasteiger partial charge is 0.384 e. The van der Waals surface area contributed by atoms with E-state index in [1.165, 1.54) is 12.1 Å². The molecule has 0 aliphatic carbocycles. The molecule has 2 rings (SSSR count). The second kappa shape index (κ2) is 7.34. The lowest BCUT2D eigenvalue weighted by molar-refractivity contribution is -0.384. The maximum Gasteiger partial charge on any atom is 0.312 e. The number of rotatable bonds is 3. The predicted octanol–water partition coefficient (Wildman–Crippen LogP) is -0.271. The van der Waals surface area contributed by atoms with Crippen LogP contribution in [0.25, 0.3) is 0 Å². The molecule has 0 spiro atoms. The third-order valence-corrected chi connectivity index (χ3v) is 4.08. The normalized spacial score (nSPS) is 11.3. The Morgan fingerprint density at radius 3 is 1.88 bits per heavy atom. The Morgan fingerprint density at radius 1 is 0.960 bits per heavy atom. The summed E-state index contributed by atoms with van der Waals surface area (Å²) in [4.78, 5) is 15.2. The van der Waals surface area contributed by atoms with Crippen molar-refractivity contribution in [2.24, 2.45) is 0 Å². The fraction of sp³-hybridized carbons (Fsp3) is 0. The van der Waals surface area contributed by atoms with Gasteiger partial charge in [0.25, 0.3) is 20.2 Å². The van der Waals surface area contributed by atoms with Crippen molar-refractivity contribution in [2.45, 2.75) is 9.79 Å². The van der Waals surface area contributed by atoms with Gasteiger partial charge in [0.1, 0.15) is 15.6 Å². The first kappa shape index (κ1) is 20.2. The summed E-state index contributed by atoms with van der Waals surface area (Å²) >= 11 is 0. The first-order valence-corrected chi connectivity index (χ1v) is 8.77. The lowest BCUT2D eigenvalue weighted by Gasteiger charge is -1.98. The second-order valence-corrected chi connectivity index (χ2v) is 7.04. The molecule has 2 aromatic heterocycles. The molecule has 2 heterocycles. The monoisotopic (exact) mass is 393 g/mol. The Hall–Kier alpha value is -2.88. The van der Waals surface area contributed by atoms with Gasteiger partial charge in [-0.3, -0.25) is 19.2 Å². The van der Waals surface area contributed by atoms with E-state index >= 15 is 0 Å².